The number of hydrogen-bond donors (Lipinski definition) is 2. The molecule has 0 aromatic heterocycles. The van der Waals surface area contributed by atoms with Gasteiger partial charge in [-0.2, -0.15) is 0 Å². The molecule has 7 nitrogen and oxygen atoms in total. The van der Waals surface area contributed by atoms with E-state index in [1.807, 2.05) is 76.2 Å². The maximum absolute atomic E-state index is 14.3. The molecular formula is C32H47N3O4. The van der Waals surface area contributed by atoms with Crippen molar-refractivity contribution in [3.63, 3.8) is 0 Å². The molecular weight excluding hydrogens is 490 g/mol. The Labute approximate surface area is 234 Å². The van der Waals surface area contributed by atoms with Gasteiger partial charge in [0.2, 0.25) is 5.91 Å². The third kappa shape index (κ3) is 9.72. The van der Waals surface area contributed by atoms with Gasteiger partial charge in [0, 0.05) is 12.2 Å². The highest BCUT2D eigenvalue weighted by Crippen LogP contribution is 2.27. The molecule has 2 rings (SSSR count). The number of aryl methyl sites for hydroxylation is 2. The highest BCUT2D eigenvalue weighted by molar-refractivity contribution is 5.99. The van der Waals surface area contributed by atoms with Crippen LogP contribution in [0.4, 0.5) is 10.5 Å². The lowest BCUT2D eigenvalue weighted by molar-refractivity contribution is -0.142. The van der Waals surface area contributed by atoms with Crippen molar-refractivity contribution in [2.75, 3.05) is 11.9 Å². The summed E-state index contributed by atoms with van der Waals surface area (Å²) in [5, 5.41) is 5.88. The lowest BCUT2D eigenvalue weighted by Gasteiger charge is -2.36. The summed E-state index contributed by atoms with van der Waals surface area (Å²) in [6.07, 6.45) is 2.64. The van der Waals surface area contributed by atoms with Gasteiger partial charge < -0.3 is 20.3 Å². The minimum absolute atomic E-state index is 0.170. The summed E-state index contributed by atoms with van der Waals surface area (Å²) in [6, 6.07) is 13.6. The van der Waals surface area contributed by atoms with Gasteiger partial charge in [-0.25, -0.2) is 4.79 Å². The molecule has 2 N–H and O–H groups in total. The Bertz CT molecular complexity index is 1090. The molecule has 3 atom stereocenters. The topological polar surface area (TPSA) is 87.7 Å². The second kappa shape index (κ2) is 14.7. The molecule has 2 aromatic carbocycles. The van der Waals surface area contributed by atoms with Crippen molar-refractivity contribution in [3.8, 4) is 0 Å². The van der Waals surface area contributed by atoms with Crippen LogP contribution in [0.5, 0.6) is 0 Å². The molecule has 214 valence electrons. The van der Waals surface area contributed by atoms with Crippen LogP contribution in [-0.4, -0.2) is 41.0 Å². The molecule has 3 unspecified atom stereocenters. The monoisotopic (exact) mass is 537 g/mol. The van der Waals surface area contributed by atoms with Crippen LogP contribution in [0.1, 0.15) is 90.0 Å². The fourth-order valence-electron chi connectivity index (χ4n) is 4.33. The van der Waals surface area contributed by atoms with E-state index in [4.69, 9.17) is 4.74 Å². The molecule has 0 spiro atoms. The van der Waals surface area contributed by atoms with Gasteiger partial charge >= 0.3 is 6.09 Å². The molecule has 39 heavy (non-hydrogen) atoms. The van der Waals surface area contributed by atoms with Crippen LogP contribution in [0.2, 0.25) is 0 Å². The van der Waals surface area contributed by atoms with Gasteiger partial charge in [-0.15, -0.1) is 0 Å². The van der Waals surface area contributed by atoms with Gasteiger partial charge in [0.1, 0.15) is 17.7 Å². The van der Waals surface area contributed by atoms with Crippen molar-refractivity contribution in [3.05, 3.63) is 65.2 Å². The number of unbranched alkanes of at least 4 members (excludes halogenated alkanes) is 2. The summed E-state index contributed by atoms with van der Waals surface area (Å²) >= 11 is 0. The zero-order chi connectivity index (χ0) is 29.2. The number of hydrogen-bond acceptors (Lipinski definition) is 4. The van der Waals surface area contributed by atoms with Crippen molar-refractivity contribution in [2.45, 2.75) is 98.8 Å². The number of carbonyl (C=O) groups is 3. The first-order chi connectivity index (χ1) is 18.4. The summed E-state index contributed by atoms with van der Waals surface area (Å²) in [6.45, 7) is 15.7. The first-order valence-electron chi connectivity index (χ1n) is 14.1. The van der Waals surface area contributed by atoms with Crippen molar-refractivity contribution in [1.82, 2.24) is 10.2 Å². The van der Waals surface area contributed by atoms with Gasteiger partial charge in [-0.3, -0.25) is 9.59 Å². The molecule has 2 aromatic rings. The Kier molecular flexibility index (Phi) is 12.0. The first kappa shape index (κ1) is 31.9. The third-order valence-corrected chi connectivity index (χ3v) is 6.79. The Hall–Kier alpha value is -3.35. The quantitative estimate of drug-likeness (QED) is 0.287. The van der Waals surface area contributed by atoms with Gasteiger partial charge in [0.05, 0.1) is 0 Å². The molecule has 0 aliphatic carbocycles. The number of anilines is 1. The average Bonchev–Trinajstić information content (AvgIpc) is 2.87. The number of ether oxygens (including phenoxy) is 1. The smallest absolute Gasteiger partial charge is 0.408 e. The summed E-state index contributed by atoms with van der Waals surface area (Å²) in [5.74, 6) is -0.758. The van der Waals surface area contributed by atoms with Crippen LogP contribution in [-0.2, 0) is 14.3 Å². The van der Waals surface area contributed by atoms with E-state index in [0.717, 1.165) is 36.0 Å². The lowest BCUT2D eigenvalue weighted by atomic mass is 9.95. The Morgan fingerprint density at radius 3 is 2.15 bits per heavy atom. The minimum atomic E-state index is -0.874. The number of nitrogens with zero attached hydrogens (tertiary/aromatic N) is 1. The van der Waals surface area contributed by atoms with Crippen LogP contribution >= 0.6 is 0 Å². The fraction of sp³-hybridized carbons (Fsp3) is 0.531. The zero-order valence-electron chi connectivity index (χ0n) is 25.0. The second-order valence-corrected chi connectivity index (χ2v) is 11.4. The van der Waals surface area contributed by atoms with E-state index in [0.29, 0.717) is 18.7 Å². The zero-order valence-corrected chi connectivity index (χ0v) is 25.0. The molecule has 0 bridgehead atoms. The second-order valence-electron chi connectivity index (χ2n) is 11.4. The minimum Gasteiger partial charge on any atom is -0.444 e. The molecule has 0 saturated carbocycles. The van der Waals surface area contributed by atoms with Crippen molar-refractivity contribution in [2.24, 2.45) is 5.92 Å². The summed E-state index contributed by atoms with van der Waals surface area (Å²) in [7, 11) is 0. The molecule has 0 fully saturated rings. The maximum atomic E-state index is 14.3. The number of nitrogens with one attached hydrogen (secondary N) is 2. The van der Waals surface area contributed by atoms with Gasteiger partial charge in [-0.1, -0.05) is 88.1 Å². The predicted octanol–water partition coefficient (Wildman–Crippen LogP) is 6.94. The first-order valence-corrected chi connectivity index (χ1v) is 14.1. The number of carbonyl (C=O) groups excluding carboxylic acids is 3. The van der Waals surface area contributed by atoms with Crippen molar-refractivity contribution >= 4 is 23.6 Å². The average molecular weight is 538 g/mol. The van der Waals surface area contributed by atoms with Crippen LogP contribution in [0.15, 0.2) is 48.5 Å². The normalized spacial score (nSPS) is 13.6. The van der Waals surface area contributed by atoms with Crippen molar-refractivity contribution < 1.29 is 19.1 Å². The molecule has 0 aliphatic rings. The highest BCUT2D eigenvalue weighted by Gasteiger charge is 2.38. The summed E-state index contributed by atoms with van der Waals surface area (Å²) < 4.78 is 5.49. The van der Waals surface area contributed by atoms with E-state index in [9.17, 15) is 14.4 Å². The van der Waals surface area contributed by atoms with Crippen LogP contribution in [0, 0.1) is 19.8 Å². The van der Waals surface area contributed by atoms with E-state index in [-0.39, 0.29) is 17.7 Å². The number of rotatable bonds is 12. The van der Waals surface area contributed by atoms with E-state index in [2.05, 4.69) is 17.6 Å². The molecule has 0 aliphatic heterocycles. The van der Waals surface area contributed by atoms with Crippen molar-refractivity contribution in [1.29, 1.82) is 0 Å². The van der Waals surface area contributed by atoms with Gasteiger partial charge in [0.15, 0.2) is 0 Å². The Balaban J connectivity index is 2.55. The fourth-order valence-corrected chi connectivity index (χ4v) is 4.33. The SMILES string of the molecule is CCCCCN(C(=O)C(NC(=O)OC(C)(C)C)C(C)CC)C(C(=O)Nc1ccccc1C)c1ccc(C)cc1. The Morgan fingerprint density at radius 2 is 1.59 bits per heavy atom. The molecule has 7 heteroatoms. The highest BCUT2D eigenvalue weighted by atomic mass is 16.6. The number of benzene rings is 2. The molecule has 3 amide bonds. The standard InChI is InChI=1S/C32H47N3O4/c1-9-11-14-21-35(30(37)27(23(4)10-2)34-31(38)39-32(6,7)8)28(25-19-17-22(3)18-20-25)29(36)33-26-16-13-12-15-24(26)5/h12-13,15-20,23,27-28H,9-11,14,21H2,1-8H3,(H,33,36)(H,34,38). The van der Waals surface area contributed by atoms with Gasteiger partial charge in [-0.05, 0) is 64.2 Å². The molecule has 0 radical (unpaired) electrons. The van der Waals surface area contributed by atoms with E-state index in [1.165, 1.54) is 0 Å². The lowest BCUT2D eigenvalue weighted by Crippen LogP contribution is -2.55. The van der Waals surface area contributed by atoms with E-state index in [1.54, 1.807) is 25.7 Å². The Morgan fingerprint density at radius 1 is 0.949 bits per heavy atom. The largest absolute Gasteiger partial charge is 0.444 e. The van der Waals surface area contributed by atoms with E-state index < -0.39 is 23.8 Å². The predicted molar refractivity (Wildman–Crippen MR) is 158 cm³/mol. The summed E-state index contributed by atoms with van der Waals surface area (Å²) in [4.78, 5) is 42.7. The molecule has 0 saturated heterocycles. The molecule has 0 heterocycles. The summed E-state index contributed by atoms with van der Waals surface area (Å²) in [5.41, 5.74) is 2.71. The maximum Gasteiger partial charge on any atom is 0.408 e. The van der Waals surface area contributed by atoms with Gasteiger partial charge in [0.25, 0.3) is 5.91 Å². The van der Waals surface area contributed by atoms with Crippen LogP contribution < -0.4 is 10.6 Å². The van der Waals surface area contributed by atoms with Crippen LogP contribution in [0.3, 0.4) is 0 Å². The third-order valence-electron chi connectivity index (χ3n) is 6.79. The number of amides is 3. The number of para-hydroxylation sites is 1. The van der Waals surface area contributed by atoms with Crippen LogP contribution in [0.25, 0.3) is 0 Å². The van der Waals surface area contributed by atoms with E-state index >= 15 is 0 Å². The number of alkyl carbamates (subject to hydrolysis) is 1.